The number of hydrogen-bond donors (Lipinski definition) is 0. The fourth-order valence-corrected chi connectivity index (χ4v) is 4.76. The van der Waals surface area contributed by atoms with Crippen molar-refractivity contribution in [1.82, 2.24) is 19.2 Å². The molecule has 0 aliphatic carbocycles. The number of carbonyl (C=O) groups excluding carboxylic acids is 1. The first-order valence-corrected chi connectivity index (χ1v) is 11.2. The van der Waals surface area contributed by atoms with Crippen LogP contribution < -0.4 is 4.74 Å². The summed E-state index contributed by atoms with van der Waals surface area (Å²) in [6, 6.07) is 16.1. The average Bonchev–Trinajstić information content (AvgIpc) is 3.49. The van der Waals surface area contributed by atoms with Crippen molar-refractivity contribution in [3.8, 4) is 17.0 Å². The molecule has 0 saturated carbocycles. The maximum absolute atomic E-state index is 12.9. The summed E-state index contributed by atoms with van der Waals surface area (Å²) in [7, 11) is 3.77. The van der Waals surface area contributed by atoms with E-state index in [1.807, 2.05) is 46.0 Å². The molecule has 5 rings (SSSR count). The number of amides is 1. The normalized spacial score (nSPS) is 17.2. The number of rotatable bonds is 4. The highest BCUT2D eigenvalue weighted by Crippen LogP contribution is 2.28. The van der Waals surface area contributed by atoms with Gasteiger partial charge in [-0.1, -0.05) is 6.07 Å². The summed E-state index contributed by atoms with van der Waals surface area (Å²) in [5.41, 5.74) is 4.82. The first-order chi connectivity index (χ1) is 15.1. The van der Waals surface area contributed by atoms with Gasteiger partial charge in [-0.15, -0.1) is 0 Å². The van der Waals surface area contributed by atoms with Crippen LogP contribution in [0, 0.1) is 0 Å². The van der Waals surface area contributed by atoms with E-state index in [0.717, 1.165) is 47.0 Å². The molecule has 1 fully saturated rings. The second-order valence-electron chi connectivity index (χ2n) is 7.79. The van der Waals surface area contributed by atoms with Crippen LogP contribution in [-0.2, 0) is 0 Å². The molecular weight excluding hydrogens is 408 g/mol. The molecule has 1 saturated heterocycles. The van der Waals surface area contributed by atoms with E-state index in [2.05, 4.69) is 40.7 Å². The third kappa shape index (κ3) is 3.71. The van der Waals surface area contributed by atoms with E-state index in [1.54, 1.807) is 18.4 Å². The van der Waals surface area contributed by atoms with Crippen LogP contribution in [0.5, 0.6) is 5.75 Å². The molecule has 4 heterocycles. The summed E-state index contributed by atoms with van der Waals surface area (Å²) in [6.07, 6.45) is 2.11. The number of carbonyl (C=O) groups is 1. The SMILES string of the molecule is COc1ccc(-c2cccc3nc(C4CN(C(=O)c5ccsc5)CCN4C)cn23)cc1. The van der Waals surface area contributed by atoms with Gasteiger partial charge in [0.05, 0.1) is 30.1 Å². The number of hydrogen-bond acceptors (Lipinski definition) is 5. The summed E-state index contributed by atoms with van der Waals surface area (Å²) >= 11 is 1.55. The minimum Gasteiger partial charge on any atom is -0.497 e. The van der Waals surface area contributed by atoms with Crippen molar-refractivity contribution in [3.63, 3.8) is 0 Å². The lowest BCUT2D eigenvalue weighted by atomic mass is 10.1. The van der Waals surface area contributed by atoms with Crippen LogP contribution in [0.15, 0.2) is 65.5 Å². The molecule has 3 aromatic heterocycles. The van der Waals surface area contributed by atoms with Crippen LogP contribution in [0.3, 0.4) is 0 Å². The number of likely N-dealkylation sites (N-methyl/N-ethyl adjacent to an activating group) is 1. The quantitative estimate of drug-likeness (QED) is 0.485. The Bertz CT molecular complexity index is 1200. The predicted octanol–water partition coefficient (Wildman–Crippen LogP) is 4.20. The number of methoxy groups -OCH3 is 1. The number of ether oxygens (including phenoxy) is 1. The number of fused-ring (bicyclic) bond motifs is 1. The van der Waals surface area contributed by atoms with Crippen molar-refractivity contribution in [2.75, 3.05) is 33.8 Å². The number of aromatic nitrogens is 2. The largest absolute Gasteiger partial charge is 0.497 e. The molecule has 1 aliphatic rings. The number of imidazole rings is 1. The van der Waals surface area contributed by atoms with Crippen LogP contribution >= 0.6 is 11.3 Å². The Morgan fingerprint density at radius 2 is 1.97 bits per heavy atom. The van der Waals surface area contributed by atoms with Crippen LogP contribution in [0.4, 0.5) is 0 Å². The molecule has 1 amide bonds. The lowest BCUT2D eigenvalue weighted by Crippen LogP contribution is -2.49. The van der Waals surface area contributed by atoms with Crippen molar-refractivity contribution < 1.29 is 9.53 Å². The van der Waals surface area contributed by atoms with Crippen molar-refractivity contribution >= 4 is 22.9 Å². The lowest BCUT2D eigenvalue weighted by molar-refractivity contribution is 0.0541. The van der Waals surface area contributed by atoms with Gasteiger partial charge < -0.3 is 9.64 Å². The third-order valence-electron chi connectivity index (χ3n) is 5.94. The Kier molecular flexibility index (Phi) is 5.21. The van der Waals surface area contributed by atoms with E-state index in [0.29, 0.717) is 6.54 Å². The zero-order valence-corrected chi connectivity index (χ0v) is 18.4. The standard InChI is InChI=1S/C24H24N4O2S/c1-26-11-12-27(24(29)18-10-13-31-16-18)15-22(26)20-14-28-21(4-3-5-23(28)25-20)17-6-8-19(30-2)9-7-17/h3-10,13-14,16,22H,11-12,15H2,1-2H3. The van der Waals surface area contributed by atoms with Gasteiger partial charge in [-0.3, -0.25) is 14.1 Å². The number of nitrogens with zero attached hydrogens (tertiary/aromatic N) is 4. The van der Waals surface area contributed by atoms with Crippen molar-refractivity contribution in [2.24, 2.45) is 0 Å². The number of thiophene rings is 1. The Hall–Kier alpha value is -3.16. The van der Waals surface area contributed by atoms with E-state index < -0.39 is 0 Å². The van der Waals surface area contributed by atoms with Crippen LogP contribution in [0.1, 0.15) is 22.1 Å². The van der Waals surface area contributed by atoms with Crippen LogP contribution in [0.2, 0.25) is 0 Å². The molecule has 1 aromatic carbocycles. The van der Waals surface area contributed by atoms with Gasteiger partial charge in [-0.05, 0) is 60.5 Å². The van der Waals surface area contributed by atoms with Gasteiger partial charge in [0.15, 0.2) is 0 Å². The number of benzene rings is 1. The summed E-state index contributed by atoms with van der Waals surface area (Å²) in [5.74, 6) is 0.934. The Morgan fingerprint density at radius 1 is 1.13 bits per heavy atom. The Morgan fingerprint density at radius 3 is 2.71 bits per heavy atom. The molecule has 158 valence electrons. The van der Waals surface area contributed by atoms with Crippen molar-refractivity contribution in [2.45, 2.75) is 6.04 Å². The van der Waals surface area contributed by atoms with Crippen LogP contribution in [-0.4, -0.2) is 58.9 Å². The molecule has 7 heteroatoms. The zero-order valence-electron chi connectivity index (χ0n) is 17.6. The molecule has 1 atom stereocenters. The first-order valence-electron chi connectivity index (χ1n) is 10.3. The summed E-state index contributed by atoms with van der Waals surface area (Å²) < 4.78 is 7.42. The molecular formula is C24H24N4O2S. The lowest BCUT2D eigenvalue weighted by Gasteiger charge is -2.38. The Balaban J connectivity index is 1.47. The van der Waals surface area contributed by atoms with Gasteiger partial charge in [0, 0.05) is 31.2 Å². The maximum atomic E-state index is 12.9. The topological polar surface area (TPSA) is 50.1 Å². The molecule has 0 N–H and O–H groups in total. The minimum absolute atomic E-state index is 0.0555. The van der Waals surface area contributed by atoms with Crippen molar-refractivity contribution in [1.29, 1.82) is 0 Å². The third-order valence-corrected chi connectivity index (χ3v) is 6.62. The number of pyridine rings is 1. The molecule has 6 nitrogen and oxygen atoms in total. The molecule has 4 aromatic rings. The molecule has 0 radical (unpaired) electrons. The highest BCUT2D eigenvalue weighted by Gasteiger charge is 2.30. The monoisotopic (exact) mass is 432 g/mol. The molecule has 0 bridgehead atoms. The average molecular weight is 433 g/mol. The number of piperazine rings is 1. The van der Waals surface area contributed by atoms with Gasteiger partial charge >= 0.3 is 0 Å². The summed E-state index contributed by atoms with van der Waals surface area (Å²) in [6.45, 7) is 2.18. The van der Waals surface area contributed by atoms with Crippen molar-refractivity contribution in [3.05, 3.63) is 76.7 Å². The Labute approximate surface area is 185 Å². The van der Waals surface area contributed by atoms with Crippen LogP contribution in [0.25, 0.3) is 16.9 Å². The summed E-state index contributed by atoms with van der Waals surface area (Å²) in [4.78, 5) is 22.0. The highest BCUT2D eigenvalue weighted by molar-refractivity contribution is 7.08. The van der Waals surface area contributed by atoms with E-state index in [-0.39, 0.29) is 11.9 Å². The van der Waals surface area contributed by atoms with Gasteiger partial charge in [0.25, 0.3) is 5.91 Å². The van der Waals surface area contributed by atoms with E-state index >= 15 is 0 Å². The fraction of sp³-hybridized carbons (Fsp3) is 0.250. The summed E-state index contributed by atoms with van der Waals surface area (Å²) in [5, 5.41) is 3.87. The minimum atomic E-state index is 0.0555. The van der Waals surface area contributed by atoms with Gasteiger partial charge in [-0.25, -0.2) is 4.98 Å². The molecule has 31 heavy (non-hydrogen) atoms. The zero-order chi connectivity index (χ0) is 21.4. The molecule has 0 spiro atoms. The van der Waals surface area contributed by atoms with Gasteiger partial charge in [-0.2, -0.15) is 11.3 Å². The fourth-order valence-electron chi connectivity index (χ4n) is 4.13. The van der Waals surface area contributed by atoms with Gasteiger partial charge in [0.1, 0.15) is 11.4 Å². The maximum Gasteiger partial charge on any atom is 0.254 e. The van der Waals surface area contributed by atoms with E-state index in [9.17, 15) is 4.79 Å². The van der Waals surface area contributed by atoms with E-state index in [4.69, 9.17) is 9.72 Å². The van der Waals surface area contributed by atoms with Gasteiger partial charge in [0.2, 0.25) is 0 Å². The molecule has 1 unspecified atom stereocenters. The molecule has 1 aliphatic heterocycles. The smallest absolute Gasteiger partial charge is 0.254 e. The second kappa shape index (κ2) is 8.17. The van der Waals surface area contributed by atoms with E-state index in [1.165, 1.54) is 0 Å². The second-order valence-corrected chi connectivity index (χ2v) is 8.57. The first kappa shape index (κ1) is 19.8. The predicted molar refractivity (Wildman–Crippen MR) is 123 cm³/mol. The highest BCUT2D eigenvalue weighted by atomic mass is 32.1.